The van der Waals surface area contributed by atoms with Crippen LogP contribution in [0.25, 0.3) is 0 Å². The predicted octanol–water partition coefficient (Wildman–Crippen LogP) is 7.26. The first-order valence-electron chi connectivity index (χ1n) is 9.27. The summed E-state index contributed by atoms with van der Waals surface area (Å²) in [4.78, 5) is 8.22. The summed E-state index contributed by atoms with van der Waals surface area (Å²) >= 11 is 11.2. The smallest absolute Gasteiger partial charge is 0.0607 e. The number of nitrogens with zero attached hydrogens (tertiary/aromatic N) is 3. The van der Waals surface area contributed by atoms with Crippen molar-refractivity contribution in [1.29, 1.82) is 0 Å². The maximum absolute atomic E-state index is 6.01. The minimum Gasteiger partial charge on any atom is -0.665 e. The van der Waals surface area contributed by atoms with Gasteiger partial charge in [-0.05, 0) is 0 Å². The normalized spacial score (nSPS) is 10.2. The molecule has 1 aromatic carbocycles. The second kappa shape index (κ2) is 12.4. The maximum atomic E-state index is 6.01. The number of hydrogen-bond donors (Lipinski definition) is 0. The molecule has 0 aliphatic heterocycles. The molecule has 0 aliphatic carbocycles. The molecule has 3 aromatic rings. The van der Waals surface area contributed by atoms with Crippen LogP contribution in [0.15, 0.2) is 46.0 Å². The van der Waals surface area contributed by atoms with Crippen LogP contribution in [-0.4, -0.2) is 4.40 Å². The first-order valence-corrected chi connectivity index (χ1v) is 13.0. The Bertz CT molecular complexity index is 867. The first kappa shape index (κ1) is 25.8. The van der Waals surface area contributed by atoms with Gasteiger partial charge in [-0.3, -0.25) is 0 Å². The third-order valence-corrected chi connectivity index (χ3v) is 7.89. The van der Waals surface area contributed by atoms with Crippen molar-refractivity contribution < 1.29 is 17.9 Å². The van der Waals surface area contributed by atoms with Crippen LogP contribution in [0.3, 0.4) is 0 Å². The molecule has 0 N–H and O–H groups in total. The number of aryl methyl sites for hydroxylation is 4. The van der Waals surface area contributed by atoms with Gasteiger partial charge in [0.05, 0.1) is 0 Å². The Labute approximate surface area is 193 Å². The van der Waals surface area contributed by atoms with Crippen LogP contribution in [0.2, 0.25) is 10.0 Å². The molecule has 0 fully saturated rings. The Hall–Kier alpha value is -1.28. The summed E-state index contributed by atoms with van der Waals surface area (Å²) in [6.45, 7) is 14.5. The quantitative estimate of drug-likeness (QED) is 0.294. The fourth-order valence-corrected chi connectivity index (χ4v) is 5.29. The minimum atomic E-state index is -0.850. The fourth-order valence-electron chi connectivity index (χ4n) is 2.00. The first-order chi connectivity index (χ1) is 13.5. The van der Waals surface area contributed by atoms with Gasteiger partial charge in [0.25, 0.3) is 0 Å². The SMILES string of the molecule is CC(C)(C)[CH]=[W]=[N]c1c(Cl)cccc1Cl.Cc1ccc(C)[n-]1.Cc1ccc(C)[n-]1. The van der Waals surface area contributed by atoms with Gasteiger partial charge in [-0.2, -0.15) is 22.8 Å². The zero-order chi connectivity index (χ0) is 22.0. The zero-order valence-electron chi connectivity index (χ0n) is 18.1. The van der Waals surface area contributed by atoms with E-state index in [2.05, 4.69) is 38.6 Å². The van der Waals surface area contributed by atoms with Gasteiger partial charge in [-0.1, -0.05) is 52.0 Å². The van der Waals surface area contributed by atoms with Crippen LogP contribution >= 0.6 is 23.2 Å². The molecule has 0 amide bonds. The van der Waals surface area contributed by atoms with E-state index in [-0.39, 0.29) is 5.41 Å². The van der Waals surface area contributed by atoms with Crippen molar-refractivity contribution in [3.63, 3.8) is 0 Å². The third-order valence-electron chi connectivity index (χ3n) is 3.32. The number of hydrogen-bond acceptors (Lipinski definition) is 1. The Balaban J connectivity index is 0.000000248. The van der Waals surface area contributed by atoms with Crippen molar-refractivity contribution in [3.05, 3.63) is 75.3 Å². The molecular formula is C23H29Cl2N3W-2. The summed E-state index contributed by atoms with van der Waals surface area (Å²) in [5.41, 5.74) is 5.43. The molecule has 2 aromatic heterocycles. The van der Waals surface area contributed by atoms with E-state index >= 15 is 0 Å². The van der Waals surface area contributed by atoms with Crippen molar-refractivity contribution >= 4 is 33.3 Å². The third kappa shape index (κ3) is 11.5. The van der Waals surface area contributed by atoms with Crippen LogP contribution in [0, 0.1) is 33.1 Å². The standard InChI is InChI=1S/C6H3Cl2N.2C6H8N.C5H10.W/c7-4-2-1-3-5(8)6(4)9;2*1-5-3-4-6(2)7-5;1-5(2,3)4;/h1-3H;2*3-4H,1-2H3;1H,2-4H3;/q;2*-1;;. The topological polar surface area (TPSA) is 40.6 Å². The molecule has 0 atom stereocenters. The van der Waals surface area contributed by atoms with E-state index in [1.807, 2.05) is 70.2 Å². The number of halogens is 2. The Kier molecular flexibility index (Phi) is 11.0. The van der Waals surface area contributed by atoms with E-state index in [1.165, 1.54) is 0 Å². The maximum Gasteiger partial charge on any atom is -0.0607 e. The summed E-state index contributed by atoms with van der Waals surface area (Å²) in [6, 6.07) is 13.5. The molecule has 0 aliphatic rings. The zero-order valence-corrected chi connectivity index (χ0v) is 22.6. The largest absolute Gasteiger partial charge is 0.665 e. The van der Waals surface area contributed by atoms with E-state index in [4.69, 9.17) is 23.2 Å². The van der Waals surface area contributed by atoms with Crippen LogP contribution < -0.4 is 9.97 Å². The van der Waals surface area contributed by atoms with Crippen molar-refractivity contribution in [2.75, 3.05) is 0 Å². The van der Waals surface area contributed by atoms with E-state index in [0.29, 0.717) is 10.0 Å². The van der Waals surface area contributed by atoms with Gasteiger partial charge in [0, 0.05) is 0 Å². The molecule has 3 rings (SSSR count). The van der Waals surface area contributed by atoms with Gasteiger partial charge >= 0.3 is 109 Å². The number of benzene rings is 1. The van der Waals surface area contributed by atoms with Crippen molar-refractivity contribution in [2.45, 2.75) is 48.5 Å². The summed E-state index contributed by atoms with van der Waals surface area (Å²) < 4.78 is 6.84. The molecule has 0 bridgehead atoms. The predicted molar refractivity (Wildman–Crippen MR) is 123 cm³/mol. The number of rotatable bonds is 1. The van der Waals surface area contributed by atoms with Gasteiger partial charge < -0.3 is 9.97 Å². The summed E-state index contributed by atoms with van der Waals surface area (Å²) in [5, 5.41) is 1.29. The Morgan fingerprint density at radius 2 is 1.14 bits per heavy atom. The second-order valence-corrected chi connectivity index (χ2v) is 10.8. The van der Waals surface area contributed by atoms with E-state index in [9.17, 15) is 0 Å². The summed E-state index contributed by atoms with van der Waals surface area (Å²) in [5.74, 6) is 0. The van der Waals surface area contributed by atoms with Crippen LogP contribution in [0.5, 0.6) is 0 Å². The number of aromatic nitrogens is 2. The Morgan fingerprint density at radius 1 is 0.759 bits per heavy atom. The van der Waals surface area contributed by atoms with Crippen LogP contribution in [-0.2, 0) is 17.9 Å². The molecule has 29 heavy (non-hydrogen) atoms. The summed E-state index contributed by atoms with van der Waals surface area (Å²) in [7, 11) is 0. The van der Waals surface area contributed by atoms with Gasteiger partial charge in [0.15, 0.2) is 0 Å². The minimum absolute atomic E-state index is 0.238. The van der Waals surface area contributed by atoms with E-state index in [0.717, 1.165) is 28.5 Å². The molecular weight excluding hydrogens is 573 g/mol. The molecule has 3 nitrogen and oxygen atoms in total. The molecule has 2 heterocycles. The van der Waals surface area contributed by atoms with Gasteiger partial charge in [0.2, 0.25) is 0 Å². The van der Waals surface area contributed by atoms with E-state index in [1.54, 1.807) is 0 Å². The molecule has 0 saturated heterocycles. The van der Waals surface area contributed by atoms with Crippen molar-refractivity contribution in [3.8, 4) is 0 Å². The van der Waals surface area contributed by atoms with Crippen LogP contribution in [0.1, 0.15) is 43.5 Å². The molecule has 0 spiro atoms. The second-order valence-electron chi connectivity index (χ2n) is 7.71. The Morgan fingerprint density at radius 3 is 1.41 bits per heavy atom. The van der Waals surface area contributed by atoms with E-state index < -0.39 is 17.9 Å². The van der Waals surface area contributed by atoms with Gasteiger partial charge in [0.1, 0.15) is 0 Å². The molecule has 0 unspecified atom stereocenters. The molecule has 0 saturated carbocycles. The molecule has 6 heteroatoms. The van der Waals surface area contributed by atoms with Gasteiger partial charge in [-0.15, -0.1) is 0 Å². The summed E-state index contributed by atoms with van der Waals surface area (Å²) in [6.07, 6.45) is 0. The average Bonchev–Trinajstić information content (AvgIpc) is 3.17. The van der Waals surface area contributed by atoms with Gasteiger partial charge in [-0.25, -0.2) is 0 Å². The van der Waals surface area contributed by atoms with Crippen LogP contribution in [0.4, 0.5) is 5.69 Å². The average molecular weight is 602 g/mol. The van der Waals surface area contributed by atoms with Crippen molar-refractivity contribution in [2.24, 2.45) is 8.91 Å². The molecule has 0 radical (unpaired) electrons. The monoisotopic (exact) mass is 601 g/mol. The molecule has 158 valence electrons. The van der Waals surface area contributed by atoms with Crippen molar-refractivity contribution in [1.82, 2.24) is 9.97 Å². The fraction of sp³-hybridized carbons (Fsp3) is 0.348.